The Hall–Kier alpha value is -1.33. The van der Waals surface area contributed by atoms with E-state index in [9.17, 15) is 0 Å². The minimum Gasteiger partial charge on any atom is -0.297 e. The summed E-state index contributed by atoms with van der Waals surface area (Å²) in [4.78, 5) is 15.8. The molecule has 0 aromatic carbocycles. The van der Waals surface area contributed by atoms with Crippen LogP contribution in [0.5, 0.6) is 0 Å². The normalized spacial score (nSPS) is 20.0. The fourth-order valence-electron chi connectivity index (χ4n) is 3.20. The molecule has 3 heterocycles. The van der Waals surface area contributed by atoms with Crippen LogP contribution in [0.4, 0.5) is 0 Å². The number of hydrogen-bond donors (Lipinski definition) is 0. The van der Waals surface area contributed by atoms with Crippen molar-refractivity contribution in [3.8, 4) is 10.8 Å². The summed E-state index contributed by atoms with van der Waals surface area (Å²) in [6.45, 7) is 5.67. The first-order valence-corrected chi connectivity index (χ1v) is 9.17. The Bertz CT molecular complexity index is 569. The van der Waals surface area contributed by atoms with E-state index in [4.69, 9.17) is 4.98 Å². The van der Waals surface area contributed by atoms with E-state index in [1.807, 2.05) is 6.07 Å². The Balaban J connectivity index is 1.58. The van der Waals surface area contributed by atoms with Crippen LogP contribution in [-0.2, 0) is 6.54 Å². The monoisotopic (exact) mass is 316 g/mol. The van der Waals surface area contributed by atoms with E-state index < -0.39 is 0 Å². The van der Waals surface area contributed by atoms with E-state index >= 15 is 0 Å². The standard InChI is InChI=1S/C17H24N4S/c1-2-5-14-6-3-10-21(11-7-14)12-15-13-22-17(20-15)16-18-8-4-9-19-16/h4,8-9,13-14H,2-3,5-7,10-12H2,1H3/t14-/m1/s1. The molecule has 1 atom stereocenters. The highest BCUT2D eigenvalue weighted by molar-refractivity contribution is 7.13. The summed E-state index contributed by atoms with van der Waals surface area (Å²) < 4.78 is 0. The number of thiazole rings is 1. The van der Waals surface area contributed by atoms with Gasteiger partial charge < -0.3 is 0 Å². The number of likely N-dealkylation sites (tertiary alicyclic amines) is 1. The average Bonchev–Trinajstić information content (AvgIpc) is 2.90. The van der Waals surface area contributed by atoms with Gasteiger partial charge >= 0.3 is 0 Å². The van der Waals surface area contributed by atoms with Gasteiger partial charge in [0, 0.05) is 24.3 Å². The van der Waals surface area contributed by atoms with Gasteiger partial charge in [-0.1, -0.05) is 19.8 Å². The van der Waals surface area contributed by atoms with Crippen molar-refractivity contribution in [2.24, 2.45) is 5.92 Å². The summed E-state index contributed by atoms with van der Waals surface area (Å²) in [5.74, 6) is 1.66. The predicted octanol–water partition coefficient (Wildman–Crippen LogP) is 4.00. The molecule has 3 rings (SSSR count). The van der Waals surface area contributed by atoms with Crippen LogP contribution in [0.25, 0.3) is 10.8 Å². The Kier molecular flexibility index (Phi) is 5.51. The topological polar surface area (TPSA) is 41.9 Å². The van der Waals surface area contributed by atoms with Crippen molar-refractivity contribution >= 4 is 11.3 Å². The molecule has 1 fully saturated rings. The SMILES string of the molecule is CCC[C@@H]1CCCN(Cc2csc(-c3ncccn3)n2)CC1. The predicted molar refractivity (Wildman–Crippen MR) is 90.7 cm³/mol. The number of aromatic nitrogens is 3. The van der Waals surface area contributed by atoms with Crippen molar-refractivity contribution in [3.05, 3.63) is 29.5 Å². The van der Waals surface area contributed by atoms with Gasteiger partial charge in [-0.3, -0.25) is 4.90 Å². The van der Waals surface area contributed by atoms with Crippen LogP contribution in [0.2, 0.25) is 0 Å². The molecule has 2 aromatic heterocycles. The first-order chi connectivity index (χ1) is 10.8. The lowest BCUT2D eigenvalue weighted by Gasteiger charge is -2.18. The number of nitrogens with zero attached hydrogens (tertiary/aromatic N) is 4. The fraction of sp³-hybridized carbons (Fsp3) is 0.588. The van der Waals surface area contributed by atoms with Crippen molar-refractivity contribution in [1.82, 2.24) is 19.9 Å². The zero-order valence-corrected chi connectivity index (χ0v) is 14.1. The summed E-state index contributed by atoms with van der Waals surface area (Å²) in [5, 5.41) is 3.08. The van der Waals surface area contributed by atoms with E-state index in [0.717, 1.165) is 29.0 Å². The van der Waals surface area contributed by atoms with Gasteiger partial charge in [-0.05, 0) is 44.3 Å². The van der Waals surface area contributed by atoms with E-state index in [2.05, 4.69) is 27.2 Å². The second-order valence-electron chi connectivity index (χ2n) is 6.08. The van der Waals surface area contributed by atoms with Crippen LogP contribution in [0, 0.1) is 5.92 Å². The third-order valence-corrected chi connectivity index (χ3v) is 5.22. The second kappa shape index (κ2) is 7.79. The Morgan fingerprint density at radius 2 is 2.09 bits per heavy atom. The van der Waals surface area contributed by atoms with Gasteiger partial charge in [0.05, 0.1) is 5.69 Å². The zero-order chi connectivity index (χ0) is 15.2. The zero-order valence-electron chi connectivity index (χ0n) is 13.2. The molecule has 22 heavy (non-hydrogen) atoms. The van der Waals surface area contributed by atoms with Crippen molar-refractivity contribution in [1.29, 1.82) is 0 Å². The molecule has 118 valence electrons. The molecule has 1 saturated heterocycles. The minimum atomic E-state index is 0.734. The Morgan fingerprint density at radius 1 is 1.23 bits per heavy atom. The molecule has 0 radical (unpaired) electrons. The van der Waals surface area contributed by atoms with Crippen molar-refractivity contribution in [2.45, 2.75) is 45.6 Å². The van der Waals surface area contributed by atoms with Crippen molar-refractivity contribution in [2.75, 3.05) is 13.1 Å². The van der Waals surface area contributed by atoms with Gasteiger partial charge in [-0.25, -0.2) is 15.0 Å². The lowest BCUT2D eigenvalue weighted by atomic mass is 9.96. The van der Waals surface area contributed by atoms with Gasteiger partial charge in [-0.2, -0.15) is 0 Å². The molecule has 0 aliphatic carbocycles. The van der Waals surface area contributed by atoms with Gasteiger partial charge in [-0.15, -0.1) is 11.3 Å². The maximum absolute atomic E-state index is 4.71. The third kappa shape index (κ3) is 4.11. The van der Waals surface area contributed by atoms with E-state index in [1.54, 1.807) is 23.7 Å². The summed E-state index contributed by atoms with van der Waals surface area (Å²) in [6.07, 6.45) is 10.3. The van der Waals surface area contributed by atoms with E-state index in [1.165, 1.54) is 45.2 Å². The molecule has 4 nitrogen and oxygen atoms in total. The smallest absolute Gasteiger partial charge is 0.188 e. The van der Waals surface area contributed by atoms with E-state index in [0.29, 0.717) is 0 Å². The molecule has 1 aliphatic heterocycles. The molecule has 5 heteroatoms. The number of hydrogen-bond acceptors (Lipinski definition) is 5. The first-order valence-electron chi connectivity index (χ1n) is 8.29. The summed E-state index contributed by atoms with van der Waals surface area (Å²) in [6, 6.07) is 1.84. The highest BCUT2D eigenvalue weighted by Crippen LogP contribution is 2.24. The van der Waals surface area contributed by atoms with Crippen LogP contribution in [0.15, 0.2) is 23.8 Å². The first kappa shape index (κ1) is 15.6. The molecular weight excluding hydrogens is 292 g/mol. The molecule has 0 saturated carbocycles. The highest BCUT2D eigenvalue weighted by Gasteiger charge is 2.17. The van der Waals surface area contributed by atoms with Crippen LogP contribution in [0.3, 0.4) is 0 Å². The van der Waals surface area contributed by atoms with Gasteiger partial charge in [0.2, 0.25) is 0 Å². The number of rotatable bonds is 5. The molecule has 0 spiro atoms. The summed E-state index contributed by atoms with van der Waals surface area (Å²) >= 11 is 1.64. The lowest BCUT2D eigenvalue weighted by Crippen LogP contribution is -2.24. The maximum atomic E-state index is 4.71. The minimum absolute atomic E-state index is 0.734. The van der Waals surface area contributed by atoms with Gasteiger partial charge in [0.15, 0.2) is 10.8 Å². The largest absolute Gasteiger partial charge is 0.297 e. The molecule has 0 N–H and O–H groups in total. The third-order valence-electron chi connectivity index (χ3n) is 4.33. The molecular formula is C17H24N4S. The molecule has 0 amide bonds. The van der Waals surface area contributed by atoms with Gasteiger partial charge in [0.25, 0.3) is 0 Å². The van der Waals surface area contributed by atoms with Crippen LogP contribution in [-0.4, -0.2) is 32.9 Å². The molecule has 2 aromatic rings. The van der Waals surface area contributed by atoms with Crippen LogP contribution < -0.4 is 0 Å². The summed E-state index contributed by atoms with van der Waals surface area (Å²) in [5.41, 5.74) is 1.15. The van der Waals surface area contributed by atoms with E-state index in [-0.39, 0.29) is 0 Å². The fourth-order valence-corrected chi connectivity index (χ4v) is 3.96. The maximum Gasteiger partial charge on any atom is 0.188 e. The Morgan fingerprint density at radius 3 is 2.91 bits per heavy atom. The summed E-state index contributed by atoms with van der Waals surface area (Å²) in [7, 11) is 0. The quantitative estimate of drug-likeness (QED) is 0.836. The second-order valence-corrected chi connectivity index (χ2v) is 6.94. The lowest BCUT2D eigenvalue weighted by molar-refractivity contribution is 0.269. The van der Waals surface area contributed by atoms with Crippen molar-refractivity contribution in [3.63, 3.8) is 0 Å². The van der Waals surface area contributed by atoms with Crippen molar-refractivity contribution < 1.29 is 0 Å². The molecule has 1 aliphatic rings. The van der Waals surface area contributed by atoms with Crippen LogP contribution in [0.1, 0.15) is 44.7 Å². The molecule has 0 bridgehead atoms. The van der Waals surface area contributed by atoms with Crippen LogP contribution >= 0.6 is 11.3 Å². The van der Waals surface area contributed by atoms with Gasteiger partial charge in [0.1, 0.15) is 0 Å². The Labute approximate surface area is 136 Å². The molecule has 0 unspecified atom stereocenters. The average molecular weight is 316 g/mol. The highest BCUT2D eigenvalue weighted by atomic mass is 32.1.